The van der Waals surface area contributed by atoms with Crippen molar-refractivity contribution in [2.75, 3.05) is 13.7 Å². The van der Waals surface area contributed by atoms with Gasteiger partial charge >= 0.3 is 6.09 Å². The highest BCUT2D eigenvalue weighted by atomic mass is 79.9. The molecule has 7 nitrogen and oxygen atoms in total. The fourth-order valence-corrected chi connectivity index (χ4v) is 4.59. The summed E-state index contributed by atoms with van der Waals surface area (Å²) >= 11 is 3.51. The largest absolute Gasteiger partial charge is 0.453 e. The second-order valence-corrected chi connectivity index (χ2v) is 9.46. The summed E-state index contributed by atoms with van der Waals surface area (Å²) in [5.74, 6) is 0.614. The Morgan fingerprint density at radius 3 is 2.69 bits per heavy atom. The van der Waals surface area contributed by atoms with Gasteiger partial charge in [0.15, 0.2) is 5.78 Å². The maximum Gasteiger partial charge on any atom is 0.407 e. The van der Waals surface area contributed by atoms with Crippen molar-refractivity contribution >= 4 is 38.6 Å². The zero-order valence-electron chi connectivity index (χ0n) is 18.3. The molecule has 3 unspecified atom stereocenters. The molecule has 0 spiro atoms. The van der Waals surface area contributed by atoms with Crippen LogP contribution in [0.15, 0.2) is 47.1 Å². The fourth-order valence-electron chi connectivity index (χ4n) is 4.21. The van der Waals surface area contributed by atoms with Crippen molar-refractivity contribution in [3.63, 3.8) is 0 Å². The van der Waals surface area contributed by atoms with E-state index in [2.05, 4.69) is 71.6 Å². The Kier molecular flexibility index (Phi) is 6.62. The highest BCUT2D eigenvalue weighted by Crippen LogP contribution is 2.30. The Morgan fingerprint density at radius 1 is 1.19 bits per heavy atom. The van der Waals surface area contributed by atoms with Gasteiger partial charge in [-0.05, 0) is 41.3 Å². The van der Waals surface area contributed by atoms with Gasteiger partial charge in [0.1, 0.15) is 5.82 Å². The first kappa shape index (κ1) is 22.5. The predicted molar refractivity (Wildman–Crippen MR) is 127 cm³/mol. The van der Waals surface area contributed by atoms with Crippen molar-refractivity contribution in [2.24, 2.45) is 11.8 Å². The number of amides is 1. The number of benzene rings is 2. The van der Waals surface area contributed by atoms with Gasteiger partial charge in [0.05, 0.1) is 31.1 Å². The van der Waals surface area contributed by atoms with Crippen LogP contribution in [0.1, 0.15) is 32.1 Å². The number of hydrogen-bond acceptors (Lipinski definition) is 5. The van der Waals surface area contributed by atoms with Crippen molar-refractivity contribution in [2.45, 2.75) is 32.4 Å². The average molecular weight is 499 g/mol. The van der Waals surface area contributed by atoms with Crippen LogP contribution in [-0.4, -0.2) is 41.5 Å². The number of Topliss-reactive ketones (excluding diaryl/α,β-unsaturated/α-hetero) is 1. The first-order valence-corrected chi connectivity index (χ1v) is 11.5. The number of ether oxygens (including phenoxy) is 1. The molecular weight excluding hydrogens is 472 g/mol. The lowest BCUT2D eigenvalue weighted by Gasteiger charge is -2.23. The maximum atomic E-state index is 13.0. The molecule has 3 N–H and O–H groups in total. The molecule has 1 aliphatic rings. The SMILES string of the molecule is COC(=O)NC(C(=O)C1CNC(c2ncc(-c3ccc4cc(Br)ccc4c3)[nH]2)C1)C(C)C. The predicted octanol–water partition coefficient (Wildman–Crippen LogP) is 4.59. The van der Waals surface area contributed by atoms with Crippen LogP contribution in [0.4, 0.5) is 4.79 Å². The number of alkyl carbamates (subject to hydrolysis) is 1. The average Bonchev–Trinajstić information content (AvgIpc) is 3.46. The number of carbonyl (C=O) groups is 2. The van der Waals surface area contributed by atoms with Gasteiger partial charge in [0.2, 0.25) is 0 Å². The summed E-state index contributed by atoms with van der Waals surface area (Å²) in [6, 6.07) is 11.9. The Morgan fingerprint density at radius 2 is 1.94 bits per heavy atom. The van der Waals surface area contributed by atoms with Crippen LogP contribution in [0.2, 0.25) is 0 Å². The number of aromatic amines is 1. The number of H-pyrrole nitrogens is 1. The lowest BCUT2D eigenvalue weighted by Crippen LogP contribution is -2.47. The van der Waals surface area contributed by atoms with E-state index in [1.165, 1.54) is 12.5 Å². The number of carbonyl (C=O) groups excluding carboxylic acids is 2. The molecule has 1 amide bonds. The summed E-state index contributed by atoms with van der Waals surface area (Å²) in [5, 5.41) is 8.40. The molecule has 1 aliphatic heterocycles. The summed E-state index contributed by atoms with van der Waals surface area (Å²) in [5.41, 5.74) is 2.00. The number of hydrogen-bond donors (Lipinski definition) is 3. The molecule has 32 heavy (non-hydrogen) atoms. The smallest absolute Gasteiger partial charge is 0.407 e. The van der Waals surface area contributed by atoms with E-state index in [-0.39, 0.29) is 23.7 Å². The van der Waals surface area contributed by atoms with Crippen LogP contribution in [-0.2, 0) is 9.53 Å². The van der Waals surface area contributed by atoms with Gasteiger partial charge < -0.3 is 20.4 Å². The van der Waals surface area contributed by atoms with Crippen molar-refractivity contribution in [3.05, 3.63) is 52.9 Å². The van der Waals surface area contributed by atoms with Gasteiger partial charge in [-0.25, -0.2) is 9.78 Å². The zero-order valence-corrected chi connectivity index (χ0v) is 19.9. The van der Waals surface area contributed by atoms with E-state index in [9.17, 15) is 9.59 Å². The van der Waals surface area contributed by atoms with Gasteiger partial charge in [0.25, 0.3) is 0 Å². The highest BCUT2D eigenvalue weighted by Gasteiger charge is 2.37. The van der Waals surface area contributed by atoms with E-state index in [0.717, 1.165) is 26.9 Å². The number of imidazole rings is 1. The minimum Gasteiger partial charge on any atom is -0.453 e. The molecule has 1 fully saturated rings. The third-order valence-corrected chi connectivity index (χ3v) is 6.50. The fraction of sp³-hybridized carbons (Fsp3) is 0.375. The molecule has 3 aromatic rings. The second kappa shape index (κ2) is 9.42. The molecule has 1 saturated heterocycles. The second-order valence-electron chi connectivity index (χ2n) is 8.54. The van der Waals surface area contributed by atoms with Crippen LogP contribution < -0.4 is 10.6 Å². The summed E-state index contributed by atoms with van der Waals surface area (Å²) < 4.78 is 5.73. The highest BCUT2D eigenvalue weighted by molar-refractivity contribution is 9.10. The number of nitrogens with one attached hydrogen (secondary N) is 3. The normalized spacial score (nSPS) is 19.3. The molecule has 0 bridgehead atoms. The molecule has 1 aromatic heterocycles. The van der Waals surface area contributed by atoms with Gasteiger partial charge in [-0.1, -0.05) is 48.0 Å². The van der Waals surface area contributed by atoms with E-state index >= 15 is 0 Å². The van der Waals surface area contributed by atoms with Gasteiger partial charge in [-0.2, -0.15) is 0 Å². The molecule has 3 atom stereocenters. The summed E-state index contributed by atoms with van der Waals surface area (Å²) in [6.07, 6.45) is 1.88. The van der Waals surface area contributed by atoms with Gasteiger partial charge in [-0.3, -0.25) is 4.79 Å². The monoisotopic (exact) mass is 498 g/mol. The lowest BCUT2D eigenvalue weighted by molar-refractivity contribution is -0.125. The molecule has 0 aliphatic carbocycles. The molecule has 4 rings (SSSR count). The molecule has 168 valence electrons. The van der Waals surface area contributed by atoms with Crippen molar-refractivity contribution < 1.29 is 14.3 Å². The van der Waals surface area contributed by atoms with Crippen molar-refractivity contribution in [3.8, 4) is 11.3 Å². The Bertz CT molecular complexity index is 1140. The standard InChI is InChI=1S/C24H27BrN4O3/c1-13(2)21(29-24(31)32-3)22(30)17-10-19(26-11-17)23-27-12-20(28-23)16-5-4-15-9-18(25)7-6-14(15)8-16/h4-9,12-13,17,19,21,26H,10-11H2,1-3H3,(H,27,28)(H,29,31). The number of nitrogens with zero attached hydrogens (tertiary/aromatic N) is 1. The van der Waals surface area contributed by atoms with Gasteiger partial charge in [0, 0.05) is 22.5 Å². The quantitative estimate of drug-likeness (QED) is 0.461. The third-order valence-electron chi connectivity index (χ3n) is 6.00. The maximum absolute atomic E-state index is 13.0. The zero-order chi connectivity index (χ0) is 22.8. The van der Waals surface area contributed by atoms with Gasteiger partial charge in [-0.15, -0.1) is 0 Å². The van der Waals surface area contributed by atoms with Crippen LogP contribution in [0.25, 0.3) is 22.0 Å². The number of aromatic nitrogens is 2. The van der Waals surface area contributed by atoms with E-state index in [4.69, 9.17) is 0 Å². The van der Waals surface area contributed by atoms with Crippen LogP contribution >= 0.6 is 15.9 Å². The number of fused-ring (bicyclic) bond motifs is 1. The molecular formula is C24H27BrN4O3. The molecule has 8 heteroatoms. The Hall–Kier alpha value is -2.71. The molecule has 0 radical (unpaired) electrons. The van der Waals surface area contributed by atoms with Crippen LogP contribution in [0.5, 0.6) is 0 Å². The van der Waals surface area contributed by atoms with Crippen LogP contribution in [0.3, 0.4) is 0 Å². The number of rotatable bonds is 6. The Labute approximate surface area is 195 Å². The Balaban J connectivity index is 1.47. The first-order chi connectivity index (χ1) is 15.4. The summed E-state index contributed by atoms with van der Waals surface area (Å²) in [4.78, 5) is 32.7. The minimum absolute atomic E-state index is 0.0212. The van der Waals surface area contributed by atoms with Crippen molar-refractivity contribution in [1.82, 2.24) is 20.6 Å². The first-order valence-electron chi connectivity index (χ1n) is 10.7. The minimum atomic E-state index is -0.585. The number of halogens is 1. The third kappa shape index (κ3) is 4.71. The molecule has 2 aromatic carbocycles. The molecule has 0 saturated carbocycles. The van der Waals surface area contributed by atoms with E-state index in [1.807, 2.05) is 26.1 Å². The number of ketones is 1. The van der Waals surface area contributed by atoms with Crippen LogP contribution in [0, 0.1) is 11.8 Å². The van der Waals surface area contributed by atoms with E-state index < -0.39 is 12.1 Å². The van der Waals surface area contributed by atoms with Crippen molar-refractivity contribution in [1.29, 1.82) is 0 Å². The van der Waals surface area contributed by atoms with E-state index in [1.54, 1.807) is 0 Å². The lowest BCUT2D eigenvalue weighted by atomic mass is 9.89. The number of methoxy groups -OCH3 is 1. The summed E-state index contributed by atoms with van der Waals surface area (Å²) in [7, 11) is 1.30. The van der Waals surface area contributed by atoms with E-state index in [0.29, 0.717) is 13.0 Å². The summed E-state index contributed by atoms with van der Waals surface area (Å²) in [6.45, 7) is 4.38. The topological polar surface area (TPSA) is 96.1 Å². The molecule has 2 heterocycles.